The Morgan fingerprint density at radius 1 is 0.940 bits per heavy atom. The van der Waals surface area contributed by atoms with Crippen molar-refractivity contribution in [2.45, 2.75) is 63.8 Å². The molecule has 4 aromatic rings. The summed E-state index contributed by atoms with van der Waals surface area (Å²) in [6, 6.07) is 26.2. The van der Waals surface area contributed by atoms with Gasteiger partial charge in [0, 0.05) is 52.6 Å². The first-order valence-corrected chi connectivity index (χ1v) is 17.3. The van der Waals surface area contributed by atoms with Crippen LogP contribution in [0, 0.1) is 0 Å². The van der Waals surface area contributed by atoms with E-state index in [4.69, 9.17) is 11.6 Å². The fourth-order valence-corrected chi connectivity index (χ4v) is 8.29. The lowest BCUT2D eigenvalue weighted by Gasteiger charge is -2.32. The van der Waals surface area contributed by atoms with E-state index in [2.05, 4.69) is 73.5 Å². The van der Waals surface area contributed by atoms with E-state index in [1.807, 2.05) is 54.6 Å². The summed E-state index contributed by atoms with van der Waals surface area (Å²) in [5.41, 5.74) is 6.22. The number of carboxylic acids is 2. The molecule has 2 aliphatic heterocycles. The SMILES string of the molecule is CC(=O)Nc1ccc(CC2(C)c3c(ccc4ccccc34)[NH+](CCC(=O)O)C2/C=C/C=C2/N(CCC(=O)O)c3cc(Cl)ccc3C2(C)C)cc1. The normalized spacial score (nSPS) is 21.5. The smallest absolute Gasteiger partial charge is 0.309 e. The number of amides is 1. The number of carboxylic acid groups (broad SMARTS) is 2. The number of carbonyl (C=O) groups excluding carboxylic acids is 1. The van der Waals surface area contributed by atoms with Crippen LogP contribution in [-0.4, -0.2) is 47.2 Å². The van der Waals surface area contributed by atoms with Gasteiger partial charge in [0.05, 0.1) is 24.8 Å². The van der Waals surface area contributed by atoms with E-state index >= 15 is 0 Å². The quantitative estimate of drug-likeness (QED) is 0.134. The number of benzene rings is 4. The number of nitrogens with zero attached hydrogens (tertiary/aromatic N) is 1. The molecule has 4 aromatic carbocycles. The Morgan fingerprint density at radius 3 is 2.36 bits per heavy atom. The molecule has 0 aromatic heterocycles. The van der Waals surface area contributed by atoms with E-state index in [-0.39, 0.29) is 24.8 Å². The minimum atomic E-state index is -0.873. The zero-order valence-corrected chi connectivity index (χ0v) is 29.6. The van der Waals surface area contributed by atoms with Gasteiger partial charge in [-0.2, -0.15) is 0 Å². The van der Waals surface area contributed by atoms with E-state index in [1.54, 1.807) is 0 Å². The standard InChI is InChI=1S/C41H42ClN3O5/c1-26(46)43-30-16-12-27(13-17-30)25-41(4)36(44(22-20-37(47)48)33-19-14-28-8-5-6-9-31(28)39(33)41)11-7-10-35-40(2,3)32-18-15-29(42)24-34(32)45(35)23-21-38(49)50/h5-19,24,36H,20-23,25H2,1-4H3,(H,43,46)(H,47,48)(H,49,50)/p+1/b11-7+,35-10+. The third-order valence-corrected chi connectivity index (χ3v) is 10.6. The van der Waals surface area contributed by atoms with Crippen LogP contribution in [0.2, 0.25) is 5.02 Å². The molecule has 8 nitrogen and oxygen atoms in total. The summed E-state index contributed by atoms with van der Waals surface area (Å²) in [4.78, 5) is 38.5. The predicted molar refractivity (Wildman–Crippen MR) is 199 cm³/mol. The van der Waals surface area contributed by atoms with Gasteiger partial charge in [0.1, 0.15) is 11.7 Å². The molecule has 3 atom stereocenters. The number of hydrogen-bond donors (Lipinski definition) is 4. The Bertz CT molecular complexity index is 2040. The van der Waals surface area contributed by atoms with Crippen molar-refractivity contribution >= 4 is 57.3 Å². The molecule has 4 N–H and O–H groups in total. The van der Waals surface area contributed by atoms with Crippen LogP contribution in [0.25, 0.3) is 10.8 Å². The second-order valence-electron chi connectivity index (χ2n) is 14.1. The Labute approximate surface area is 297 Å². The second kappa shape index (κ2) is 13.8. The highest BCUT2D eigenvalue weighted by atomic mass is 35.5. The average molecular weight is 693 g/mol. The molecule has 6 rings (SSSR count). The van der Waals surface area contributed by atoms with Crippen LogP contribution >= 0.6 is 11.6 Å². The van der Waals surface area contributed by atoms with Crippen molar-refractivity contribution in [1.29, 1.82) is 0 Å². The zero-order valence-electron chi connectivity index (χ0n) is 28.8. The number of aliphatic carboxylic acids is 2. The number of rotatable bonds is 11. The third kappa shape index (κ3) is 6.65. The molecular weight excluding hydrogens is 650 g/mol. The number of anilines is 2. The molecule has 50 heavy (non-hydrogen) atoms. The Kier molecular flexibility index (Phi) is 9.62. The molecule has 0 aliphatic carbocycles. The summed E-state index contributed by atoms with van der Waals surface area (Å²) in [5.74, 6) is -1.84. The Hall–Kier alpha value is -4.92. The maximum Gasteiger partial charge on any atom is 0.309 e. The lowest BCUT2D eigenvalue weighted by Crippen LogP contribution is -3.11. The summed E-state index contributed by atoms with van der Waals surface area (Å²) < 4.78 is 0. The van der Waals surface area contributed by atoms with Crippen LogP contribution in [0.3, 0.4) is 0 Å². The molecule has 3 unspecified atom stereocenters. The summed E-state index contributed by atoms with van der Waals surface area (Å²) in [7, 11) is 0. The van der Waals surface area contributed by atoms with Gasteiger partial charge in [-0.25, -0.2) is 0 Å². The molecule has 1 amide bonds. The highest BCUT2D eigenvalue weighted by molar-refractivity contribution is 6.31. The van der Waals surface area contributed by atoms with Gasteiger partial charge in [0.2, 0.25) is 5.91 Å². The lowest BCUT2D eigenvalue weighted by atomic mass is 9.72. The first kappa shape index (κ1) is 34.9. The van der Waals surface area contributed by atoms with Gasteiger partial charge in [-0.15, -0.1) is 0 Å². The van der Waals surface area contributed by atoms with Crippen LogP contribution in [0.5, 0.6) is 0 Å². The molecule has 0 radical (unpaired) electrons. The highest BCUT2D eigenvalue weighted by Gasteiger charge is 2.52. The fraction of sp³-hybridized carbons (Fsp3) is 0.293. The van der Waals surface area contributed by atoms with Gasteiger partial charge in [0.15, 0.2) is 0 Å². The van der Waals surface area contributed by atoms with E-state index in [1.165, 1.54) is 12.5 Å². The molecule has 0 spiro atoms. The minimum absolute atomic E-state index is 0.0145. The van der Waals surface area contributed by atoms with Gasteiger partial charge < -0.3 is 20.4 Å². The summed E-state index contributed by atoms with van der Waals surface area (Å²) in [5, 5.41) is 25.1. The molecule has 9 heteroatoms. The van der Waals surface area contributed by atoms with Gasteiger partial charge in [0.25, 0.3) is 0 Å². The van der Waals surface area contributed by atoms with Crippen molar-refractivity contribution in [1.82, 2.24) is 0 Å². The predicted octanol–water partition coefficient (Wildman–Crippen LogP) is 7.04. The maximum atomic E-state index is 12.0. The van der Waals surface area contributed by atoms with Crippen molar-refractivity contribution in [2.75, 3.05) is 23.3 Å². The van der Waals surface area contributed by atoms with Gasteiger partial charge in [-0.3, -0.25) is 19.3 Å². The lowest BCUT2D eigenvalue weighted by molar-refractivity contribution is -0.850. The number of fused-ring (bicyclic) bond motifs is 4. The van der Waals surface area contributed by atoms with Crippen molar-refractivity contribution in [2.24, 2.45) is 0 Å². The first-order chi connectivity index (χ1) is 23.8. The van der Waals surface area contributed by atoms with Gasteiger partial charge >= 0.3 is 11.9 Å². The molecular formula is C41H43ClN3O5+. The van der Waals surface area contributed by atoms with Crippen LogP contribution in [0.1, 0.15) is 57.2 Å². The van der Waals surface area contributed by atoms with E-state index < -0.39 is 22.8 Å². The molecule has 2 heterocycles. The molecule has 0 saturated heterocycles. The van der Waals surface area contributed by atoms with Crippen LogP contribution in [0.4, 0.5) is 17.1 Å². The monoisotopic (exact) mass is 692 g/mol. The zero-order chi connectivity index (χ0) is 35.8. The average Bonchev–Trinajstić information content (AvgIpc) is 3.42. The van der Waals surface area contributed by atoms with E-state index in [0.29, 0.717) is 24.5 Å². The molecule has 0 fully saturated rings. The topological polar surface area (TPSA) is 111 Å². The first-order valence-electron chi connectivity index (χ1n) is 16.9. The second-order valence-corrected chi connectivity index (χ2v) is 14.5. The fourth-order valence-electron chi connectivity index (χ4n) is 8.12. The molecule has 2 aliphatic rings. The summed E-state index contributed by atoms with van der Waals surface area (Å²) >= 11 is 6.43. The van der Waals surface area contributed by atoms with Crippen LogP contribution < -0.4 is 15.1 Å². The number of quaternary nitrogens is 1. The Morgan fingerprint density at radius 2 is 1.66 bits per heavy atom. The maximum absolute atomic E-state index is 12.0. The molecule has 0 bridgehead atoms. The van der Waals surface area contributed by atoms with Crippen molar-refractivity contribution < 1.29 is 29.5 Å². The third-order valence-electron chi connectivity index (χ3n) is 10.3. The van der Waals surface area contributed by atoms with Crippen molar-refractivity contribution in [3.63, 3.8) is 0 Å². The number of nitrogens with one attached hydrogen (secondary N) is 2. The van der Waals surface area contributed by atoms with Crippen LogP contribution in [-0.2, 0) is 31.6 Å². The number of carbonyl (C=O) groups is 3. The van der Waals surface area contributed by atoms with Gasteiger partial charge in [-0.1, -0.05) is 74.0 Å². The summed E-state index contributed by atoms with van der Waals surface area (Å²) in [6.07, 6.45) is 7.01. The molecule has 0 saturated carbocycles. The Balaban J connectivity index is 1.47. The number of allylic oxidation sites excluding steroid dienone is 3. The van der Waals surface area contributed by atoms with Crippen LogP contribution in [0.15, 0.2) is 103 Å². The van der Waals surface area contributed by atoms with Crippen molar-refractivity contribution in [3.8, 4) is 0 Å². The van der Waals surface area contributed by atoms with Gasteiger partial charge in [-0.05, 0) is 77.7 Å². The summed E-state index contributed by atoms with van der Waals surface area (Å²) in [6.45, 7) is 8.74. The van der Waals surface area contributed by atoms with Crippen molar-refractivity contribution in [3.05, 3.63) is 125 Å². The van der Waals surface area contributed by atoms with E-state index in [0.717, 1.165) is 49.6 Å². The number of hydrogen-bond acceptors (Lipinski definition) is 4. The highest BCUT2D eigenvalue weighted by Crippen LogP contribution is 2.49. The number of halogens is 1. The van der Waals surface area contributed by atoms with E-state index in [9.17, 15) is 24.6 Å². The largest absolute Gasteiger partial charge is 0.481 e. The minimum Gasteiger partial charge on any atom is -0.481 e. The molecule has 258 valence electrons.